The Balaban J connectivity index is 1.60. The van der Waals surface area contributed by atoms with Crippen LogP contribution in [-0.2, 0) is 16.1 Å². The van der Waals surface area contributed by atoms with E-state index in [1.807, 2.05) is 62.4 Å². The minimum Gasteiger partial charge on any atom is -0.494 e. The molecule has 1 N–H and O–H groups in total. The number of nitrogens with zero attached hydrogens (tertiary/aromatic N) is 1. The molecule has 2 aromatic carbocycles. The van der Waals surface area contributed by atoms with Crippen molar-refractivity contribution in [2.75, 3.05) is 18.1 Å². The van der Waals surface area contributed by atoms with Gasteiger partial charge in [0.2, 0.25) is 11.8 Å². The Hall–Kier alpha value is -2.82. The second-order valence-electron chi connectivity index (χ2n) is 6.48. The smallest absolute Gasteiger partial charge is 0.227 e. The summed E-state index contributed by atoms with van der Waals surface area (Å²) in [5.74, 6) is 0.355. The number of carbonyl (C=O) groups excluding carboxylic acids is 2. The summed E-state index contributed by atoms with van der Waals surface area (Å²) >= 11 is 0. The van der Waals surface area contributed by atoms with E-state index in [-0.39, 0.29) is 24.2 Å². The molecule has 5 heteroatoms. The molecule has 0 radical (unpaired) electrons. The number of anilines is 1. The van der Waals surface area contributed by atoms with Gasteiger partial charge in [0.05, 0.1) is 12.5 Å². The second-order valence-corrected chi connectivity index (χ2v) is 6.48. The molecular formula is C21H24N2O3. The highest BCUT2D eigenvalue weighted by Gasteiger charge is 2.35. The highest BCUT2D eigenvalue weighted by atomic mass is 16.5. The third-order valence-corrected chi connectivity index (χ3v) is 4.67. The molecule has 0 unspecified atom stereocenters. The average molecular weight is 352 g/mol. The first-order chi connectivity index (χ1) is 12.6. The summed E-state index contributed by atoms with van der Waals surface area (Å²) in [6.45, 7) is 5.45. The summed E-state index contributed by atoms with van der Waals surface area (Å²) in [4.78, 5) is 26.5. The lowest BCUT2D eigenvalue weighted by atomic mass is 10.1. The molecule has 5 nitrogen and oxygen atoms in total. The van der Waals surface area contributed by atoms with Crippen LogP contribution >= 0.6 is 0 Å². The van der Waals surface area contributed by atoms with Crippen molar-refractivity contribution in [3.8, 4) is 5.75 Å². The van der Waals surface area contributed by atoms with E-state index in [9.17, 15) is 9.59 Å². The number of rotatable bonds is 6. The molecule has 2 amide bonds. The Morgan fingerprint density at radius 1 is 1.19 bits per heavy atom. The van der Waals surface area contributed by atoms with E-state index in [2.05, 4.69) is 5.32 Å². The van der Waals surface area contributed by atoms with Crippen molar-refractivity contribution in [3.05, 3.63) is 59.7 Å². The maximum atomic E-state index is 12.5. The standard InChI is InChI=1S/C21H24N2O3/c1-3-26-19-10-8-18(9-11-19)23-14-17(12-20(23)24)21(25)22-13-16-7-5-4-6-15(16)2/h4-11,17H,3,12-14H2,1-2H3,(H,22,25)/t17-/m1/s1. The van der Waals surface area contributed by atoms with Gasteiger partial charge in [0.25, 0.3) is 0 Å². The zero-order valence-corrected chi connectivity index (χ0v) is 15.2. The molecule has 0 saturated carbocycles. The minimum absolute atomic E-state index is 0.0230. The van der Waals surface area contributed by atoms with Gasteiger partial charge in [-0.2, -0.15) is 0 Å². The fourth-order valence-corrected chi connectivity index (χ4v) is 3.16. The average Bonchev–Trinajstić information content (AvgIpc) is 3.03. The van der Waals surface area contributed by atoms with E-state index < -0.39 is 0 Å². The zero-order valence-electron chi connectivity index (χ0n) is 15.2. The van der Waals surface area contributed by atoms with Crippen LogP contribution in [0.15, 0.2) is 48.5 Å². The Morgan fingerprint density at radius 2 is 1.92 bits per heavy atom. The molecule has 0 spiro atoms. The number of amides is 2. The van der Waals surface area contributed by atoms with E-state index >= 15 is 0 Å². The van der Waals surface area contributed by atoms with Crippen molar-refractivity contribution in [1.29, 1.82) is 0 Å². The van der Waals surface area contributed by atoms with Crippen molar-refractivity contribution in [3.63, 3.8) is 0 Å². The molecule has 1 atom stereocenters. The normalized spacial score (nSPS) is 16.6. The third kappa shape index (κ3) is 4.04. The van der Waals surface area contributed by atoms with Crippen LogP contribution in [-0.4, -0.2) is 25.0 Å². The van der Waals surface area contributed by atoms with Crippen molar-refractivity contribution in [2.24, 2.45) is 5.92 Å². The number of nitrogens with one attached hydrogen (secondary N) is 1. The second kappa shape index (κ2) is 8.04. The van der Waals surface area contributed by atoms with E-state index in [0.29, 0.717) is 19.7 Å². The SMILES string of the molecule is CCOc1ccc(N2C[C@H](C(=O)NCc3ccccc3C)CC2=O)cc1. The highest BCUT2D eigenvalue weighted by Crippen LogP contribution is 2.27. The van der Waals surface area contributed by atoms with Crippen LogP contribution in [0.4, 0.5) is 5.69 Å². The maximum Gasteiger partial charge on any atom is 0.227 e. The van der Waals surface area contributed by atoms with Crippen LogP contribution in [0.5, 0.6) is 5.75 Å². The van der Waals surface area contributed by atoms with E-state index in [0.717, 1.165) is 22.6 Å². The monoisotopic (exact) mass is 352 g/mol. The Labute approximate surface area is 154 Å². The minimum atomic E-state index is -0.321. The molecule has 1 aliphatic rings. The Bertz CT molecular complexity index is 786. The van der Waals surface area contributed by atoms with Gasteiger partial charge in [0.15, 0.2) is 0 Å². The molecular weight excluding hydrogens is 328 g/mol. The molecule has 0 bridgehead atoms. The lowest BCUT2D eigenvalue weighted by Crippen LogP contribution is -2.32. The van der Waals surface area contributed by atoms with Crippen LogP contribution in [0.2, 0.25) is 0 Å². The van der Waals surface area contributed by atoms with Crippen molar-refractivity contribution in [1.82, 2.24) is 5.32 Å². The summed E-state index contributed by atoms with van der Waals surface area (Å²) in [7, 11) is 0. The third-order valence-electron chi connectivity index (χ3n) is 4.67. The topological polar surface area (TPSA) is 58.6 Å². The molecule has 136 valence electrons. The van der Waals surface area contributed by atoms with Gasteiger partial charge in [-0.3, -0.25) is 9.59 Å². The largest absolute Gasteiger partial charge is 0.494 e. The predicted octanol–water partition coefficient (Wildman–Crippen LogP) is 3.06. The molecule has 1 heterocycles. The molecule has 26 heavy (non-hydrogen) atoms. The van der Waals surface area contributed by atoms with Crippen LogP contribution in [0.1, 0.15) is 24.5 Å². The first-order valence-corrected chi connectivity index (χ1v) is 8.94. The molecule has 1 aliphatic heterocycles. The maximum absolute atomic E-state index is 12.5. The Morgan fingerprint density at radius 3 is 2.62 bits per heavy atom. The number of ether oxygens (including phenoxy) is 1. The number of hydrogen-bond acceptors (Lipinski definition) is 3. The van der Waals surface area contributed by atoms with Crippen LogP contribution in [0.3, 0.4) is 0 Å². The van der Waals surface area contributed by atoms with E-state index in [4.69, 9.17) is 4.74 Å². The summed E-state index contributed by atoms with van der Waals surface area (Å²) in [6.07, 6.45) is 0.243. The lowest BCUT2D eigenvalue weighted by molar-refractivity contribution is -0.126. The van der Waals surface area contributed by atoms with Gasteiger partial charge in [0, 0.05) is 25.2 Å². The quantitative estimate of drug-likeness (QED) is 0.869. The van der Waals surface area contributed by atoms with E-state index in [1.165, 1.54) is 0 Å². The van der Waals surface area contributed by atoms with Crippen molar-refractivity contribution < 1.29 is 14.3 Å². The first kappa shape index (κ1) is 18.0. The first-order valence-electron chi connectivity index (χ1n) is 8.94. The summed E-state index contributed by atoms with van der Waals surface area (Å²) in [5, 5.41) is 2.96. The number of hydrogen-bond donors (Lipinski definition) is 1. The van der Waals surface area contributed by atoms with Crippen LogP contribution < -0.4 is 15.0 Å². The fraction of sp³-hybridized carbons (Fsp3) is 0.333. The van der Waals surface area contributed by atoms with Gasteiger partial charge >= 0.3 is 0 Å². The van der Waals surface area contributed by atoms with Gasteiger partial charge in [0.1, 0.15) is 5.75 Å². The van der Waals surface area contributed by atoms with Crippen LogP contribution in [0.25, 0.3) is 0 Å². The molecule has 3 rings (SSSR count). The summed E-state index contributed by atoms with van der Waals surface area (Å²) in [6, 6.07) is 15.4. The van der Waals surface area contributed by atoms with Crippen molar-refractivity contribution in [2.45, 2.75) is 26.8 Å². The zero-order chi connectivity index (χ0) is 18.5. The highest BCUT2D eigenvalue weighted by molar-refractivity contribution is 6.00. The predicted molar refractivity (Wildman–Crippen MR) is 101 cm³/mol. The fourth-order valence-electron chi connectivity index (χ4n) is 3.16. The van der Waals surface area contributed by atoms with Gasteiger partial charge in [-0.15, -0.1) is 0 Å². The van der Waals surface area contributed by atoms with Gasteiger partial charge in [-0.1, -0.05) is 24.3 Å². The summed E-state index contributed by atoms with van der Waals surface area (Å²) < 4.78 is 5.43. The molecule has 1 fully saturated rings. The molecule has 0 aromatic heterocycles. The van der Waals surface area contributed by atoms with Gasteiger partial charge in [-0.25, -0.2) is 0 Å². The van der Waals surface area contributed by atoms with Gasteiger partial charge in [-0.05, 0) is 49.2 Å². The summed E-state index contributed by atoms with van der Waals surface area (Å²) in [5.41, 5.74) is 3.03. The van der Waals surface area contributed by atoms with Crippen molar-refractivity contribution >= 4 is 17.5 Å². The van der Waals surface area contributed by atoms with E-state index in [1.54, 1.807) is 4.90 Å². The van der Waals surface area contributed by atoms with Gasteiger partial charge < -0.3 is 15.0 Å². The number of benzene rings is 2. The van der Waals surface area contributed by atoms with Crippen LogP contribution in [0, 0.1) is 12.8 Å². The number of aryl methyl sites for hydroxylation is 1. The molecule has 2 aromatic rings. The molecule has 0 aliphatic carbocycles. The lowest BCUT2D eigenvalue weighted by Gasteiger charge is -2.17. The number of carbonyl (C=O) groups is 2. The Kier molecular flexibility index (Phi) is 5.56. The molecule has 1 saturated heterocycles.